The third kappa shape index (κ3) is 3.05. The lowest BCUT2D eigenvalue weighted by molar-refractivity contribution is 0.302. The van der Waals surface area contributed by atoms with Gasteiger partial charge in [0.15, 0.2) is 0 Å². The maximum absolute atomic E-state index is 12.1. The molecule has 7 heteroatoms. The Balaban J connectivity index is 1.64. The number of hydrogen-bond acceptors (Lipinski definition) is 4. The molecular formula is C15H20N4O2S. The summed E-state index contributed by atoms with van der Waals surface area (Å²) < 4.78 is 29.1. The van der Waals surface area contributed by atoms with Crippen LogP contribution in [0.2, 0.25) is 0 Å². The number of aromatic nitrogens is 3. The Kier molecular flexibility index (Phi) is 4.26. The van der Waals surface area contributed by atoms with Gasteiger partial charge in [0.25, 0.3) is 0 Å². The number of rotatable bonds is 6. The van der Waals surface area contributed by atoms with Gasteiger partial charge in [-0.3, -0.25) is 4.98 Å². The van der Waals surface area contributed by atoms with Gasteiger partial charge < -0.3 is 4.57 Å². The molecule has 22 heavy (non-hydrogen) atoms. The van der Waals surface area contributed by atoms with Gasteiger partial charge in [-0.2, -0.15) is 0 Å². The topological polar surface area (TPSA) is 76.9 Å². The summed E-state index contributed by atoms with van der Waals surface area (Å²) >= 11 is 0. The van der Waals surface area contributed by atoms with E-state index in [9.17, 15) is 8.42 Å². The Morgan fingerprint density at radius 1 is 1.36 bits per heavy atom. The van der Waals surface area contributed by atoms with Gasteiger partial charge in [0.05, 0.1) is 0 Å². The molecule has 2 aromatic heterocycles. The van der Waals surface area contributed by atoms with Crippen LogP contribution in [-0.4, -0.2) is 29.5 Å². The van der Waals surface area contributed by atoms with Crippen molar-refractivity contribution >= 4 is 10.0 Å². The summed E-state index contributed by atoms with van der Waals surface area (Å²) in [4.78, 5) is 8.46. The van der Waals surface area contributed by atoms with Crippen molar-refractivity contribution < 1.29 is 8.42 Å². The zero-order valence-electron chi connectivity index (χ0n) is 12.6. The first-order valence-corrected chi connectivity index (χ1v) is 8.98. The number of pyridine rings is 1. The highest BCUT2D eigenvalue weighted by atomic mass is 32.2. The Labute approximate surface area is 130 Å². The molecule has 118 valence electrons. The average molecular weight is 320 g/mol. The number of sulfonamides is 1. The molecule has 0 unspecified atom stereocenters. The highest BCUT2D eigenvalue weighted by Crippen LogP contribution is 2.33. The predicted molar refractivity (Wildman–Crippen MR) is 83.0 cm³/mol. The van der Waals surface area contributed by atoms with E-state index in [4.69, 9.17) is 0 Å². The van der Waals surface area contributed by atoms with E-state index in [1.165, 1.54) is 31.5 Å². The molecule has 0 atom stereocenters. The fourth-order valence-corrected chi connectivity index (χ4v) is 3.71. The average Bonchev–Trinajstić information content (AvgIpc) is 2.80. The second-order valence-electron chi connectivity index (χ2n) is 5.61. The number of aryl methyl sites for hydroxylation is 1. The SMILES string of the molecule is Cc1cnc(CCNS(=O)(=O)c2cccnc2)n1C1CCC1. The third-order valence-electron chi connectivity index (χ3n) is 4.08. The van der Waals surface area contributed by atoms with Gasteiger partial charge in [-0.25, -0.2) is 18.1 Å². The van der Waals surface area contributed by atoms with Crippen LogP contribution in [0, 0.1) is 6.92 Å². The van der Waals surface area contributed by atoms with Crippen LogP contribution >= 0.6 is 0 Å². The van der Waals surface area contributed by atoms with Gasteiger partial charge in [-0.05, 0) is 38.3 Å². The van der Waals surface area contributed by atoms with E-state index in [2.05, 4.69) is 26.2 Å². The Bertz CT molecular complexity index is 736. The molecule has 1 N–H and O–H groups in total. The minimum absolute atomic E-state index is 0.188. The lowest BCUT2D eigenvalue weighted by atomic mass is 9.92. The number of nitrogens with zero attached hydrogens (tertiary/aromatic N) is 3. The highest BCUT2D eigenvalue weighted by Gasteiger charge is 2.23. The van der Waals surface area contributed by atoms with E-state index in [1.54, 1.807) is 12.3 Å². The molecule has 3 rings (SSSR count). The molecule has 2 aromatic rings. The minimum Gasteiger partial charge on any atom is -0.329 e. The number of imidazole rings is 1. The monoisotopic (exact) mass is 320 g/mol. The molecule has 1 saturated carbocycles. The van der Waals surface area contributed by atoms with Crippen LogP contribution in [-0.2, 0) is 16.4 Å². The van der Waals surface area contributed by atoms with Gasteiger partial charge in [-0.15, -0.1) is 0 Å². The van der Waals surface area contributed by atoms with Crippen LogP contribution in [0.5, 0.6) is 0 Å². The molecular weight excluding hydrogens is 300 g/mol. The second kappa shape index (κ2) is 6.18. The summed E-state index contributed by atoms with van der Waals surface area (Å²) in [5, 5.41) is 0. The van der Waals surface area contributed by atoms with Gasteiger partial charge in [-0.1, -0.05) is 0 Å². The lowest BCUT2D eigenvalue weighted by Gasteiger charge is -2.29. The van der Waals surface area contributed by atoms with Crippen LogP contribution in [0.4, 0.5) is 0 Å². The van der Waals surface area contributed by atoms with Gasteiger partial charge in [0, 0.05) is 43.3 Å². The van der Waals surface area contributed by atoms with Crippen molar-refractivity contribution in [3.63, 3.8) is 0 Å². The first kappa shape index (κ1) is 15.2. The highest BCUT2D eigenvalue weighted by molar-refractivity contribution is 7.89. The summed E-state index contributed by atoms with van der Waals surface area (Å²) in [6, 6.07) is 3.68. The van der Waals surface area contributed by atoms with Crippen molar-refractivity contribution in [3.05, 3.63) is 42.2 Å². The molecule has 1 aliphatic carbocycles. The van der Waals surface area contributed by atoms with Crippen molar-refractivity contribution in [1.29, 1.82) is 0 Å². The van der Waals surface area contributed by atoms with E-state index in [0.717, 1.165) is 11.5 Å². The standard InChI is InChI=1S/C15H20N4O2S/c1-12-10-17-15(19(12)13-4-2-5-13)7-9-18-22(20,21)14-6-3-8-16-11-14/h3,6,8,10-11,13,18H,2,4-5,7,9H2,1H3. The zero-order chi connectivity index (χ0) is 15.6. The zero-order valence-corrected chi connectivity index (χ0v) is 13.4. The third-order valence-corrected chi connectivity index (χ3v) is 5.53. The summed E-state index contributed by atoms with van der Waals surface area (Å²) in [6.07, 6.45) is 8.98. The number of nitrogens with one attached hydrogen (secondary N) is 1. The van der Waals surface area contributed by atoms with E-state index < -0.39 is 10.0 Å². The van der Waals surface area contributed by atoms with Crippen molar-refractivity contribution in [1.82, 2.24) is 19.3 Å². The predicted octanol–water partition coefficient (Wildman–Crippen LogP) is 1.83. The van der Waals surface area contributed by atoms with Crippen LogP contribution < -0.4 is 4.72 Å². The molecule has 0 aliphatic heterocycles. The summed E-state index contributed by atoms with van der Waals surface area (Å²) in [5.41, 5.74) is 1.15. The van der Waals surface area contributed by atoms with Gasteiger partial charge in [0.2, 0.25) is 10.0 Å². The Hall–Kier alpha value is -1.73. The molecule has 6 nitrogen and oxygen atoms in total. The fourth-order valence-electron chi connectivity index (χ4n) is 2.71. The van der Waals surface area contributed by atoms with E-state index in [0.29, 0.717) is 19.0 Å². The van der Waals surface area contributed by atoms with Crippen molar-refractivity contribution in [2.24, 2.45) is 0 Å². The molecule has 1 aliphatic rings. The molecule has 0 saturated heterocycles. The first-order chi connectivity index (χ1) is 10.6. The van der Waals surface area contributed by atoms with Crippen LogP contribution in [0.15, 0.2) is 35.6 Å². The van der Waals surface area contributed by atoms with Crippen molar-refractivity contribution in [2.75, 3.05) is 6.54 Å². The molecule has 0 aromatic carbocycles. The Morgan fingerprint density at radius 3 is 2.82 bits per heavy atom. The molecule has 0 radical (unpaired) electrons. The smallest absolute Gasteiger partial charge is 0.242 e. The second-order valence-corrected chi connectivity index (χ2v) is 7.37. The summed E-state index contributed by atoms with van der Waals surface area (Å²) in [7, 11) is -3.50. The largest absolute Gasteiger partial charge is 0.329 e. The number of hydrogen-bond donors (Lipinski definition) is 1. The molecule has 0 spiro atoms. The first-order valence-electron chi connectivity index (χ1n) is 7.50. The normalized spacial score (nSPS) is 15.7. The fraction of sp³-hybridized carbons (Fsp3) is 0.467. The summed E-state index contributed by atoms with van der Waals surface area (Å²) in [5.74, 6) is 0.955. The quantitative estimate of drug-likeness (QED) is 0.881. The van der Waals surface area contributed by atoms with E-state index >= 15 is 0 Å². The van der Waals surface area contributed by atoms with Crippen LogP contribution in [0.1, 0.15) is 36.8 Å². The van der Waals surface area contributed by atoms with Crippen molar-refractivity contribution in [3.8, 4) is 0 Å². The lowest BCUT2D eigenvalue weighted by Crippen LogP contribution is -2.28. The van der Waals surface area contributed by atoms with Crippen molar-refractivity contribution in [2.45, 2.75) is 43.5 Å². The van der Waals surface area contributed by atoms with Crippen LogP contribution in [0.3, 0.4) is 0 Å². The van der Waals surface area contributed by atoms with E-state index in [-0.39, 0.29) is 4.90 Å². The molecule has 0 bridgehead atoms. The van der Waals surface area contributed by atoms with Crippen LogP contribution in [0.25, 0.3) is 0 Å². The molecule has 2 heterocycles. The van der Waals surface area contributed by atoms with Gasteiger partial charge >= 0.3 is 0 Å². The van der Waals surface area contributed by atoms with E-state index in [1.807, 2.05) is 6.20 Å². The maximum Gasteiger partial charge on any atom is 0.242 e. The van der Waals surface area contributed by atoms with Gasteiger partial charge in [0.1, 0.15) is 10.7 Å². The maximum atomic E-state index is 12.1. The molecule has 0 amide bonds. The minimum atomic E-state index is -3.50. The molecule has 1 fully saturated rings. The summed E-state index contributed by atoms with van der Waals surface area (Å²) in [6.45, 7) is 2.38. The Morgan fingerprint density at radius 2 is 2.18 bits per heavy atom.